The first-order chi connectivity index (χ1) is 6.34. The van der Waals surface area contributed by atoms with Gasteiger partial charge >= 0.3 is 0 Å². The summed E-state index contributed by atoms with van der Waals surface area (Å²) in [7, 11) is 0. The van der Waals surface area contributed by atoms with Gasteiger partial charge in [-0.1, -0.05) is 23.7 Å². The molecule has 1 fully saturated rings. The van der Waals surface area contributed by atoms with Crippen LogP contribution in [0, 0.1) is 6.54 Å². The van der Waals surface area contributed by atoms with Crippen molar-refractivity contribution in [2.24, 2.45) is 0 Å². The molecule has 0 spiro atoms. The quantitative estimate of drug-likeness (QED) is 0.700. The van der Waals surface area contributed by atoms with E-state index in [0.29, 0.717) is 0 Å². The van der Waals surface area contributed by atoms with Gasteiger partial charge in [-0.2, -0.15) is 0 Å². The summed E-state index contributed by atoms with van der Waals surface area (Å²) in [5, 5.41) is 0.804. The van der Waals surface area contributed by atoms with Crippen LogP contribution in [0.15, 0.2) is 24.3 Å². The van der Waals surface area contributed by atoms with Gasteiger partial charge in [-0.3, -0.25) is 4.90 Å². The zero-order chi connectivity index (χ0) is 9.10. The van der Waals surface area contributed by atoms with Crippen LogP contribution >= 0.6 is 11.6 Å². The molecule has 1 radical (unpaired) electrons. The summed E-state index contributed by atoms with van der Waals surface area (Å²) in [6.45, 7) is 4.61. The first-order valence-corrected chi connectivity index (χ1v) is 5.07. The Hall–Kier alpha value is -0.530. The molecule has 1 nitrogen and oxygen atoms in total. The number of likely N-dealkylation sites (tertiary alicyclic amines) is 1. The van der Waals surface area contributed by atoms with E-state index in [1.54, 1.807) is 0 Å². The summed E-state index contributed by atoms with van der Waals surface area (Å²) in [4.78, 5) is 2.36. The molecule has 2 heteroatoms. The van der Waals surface area contributed by atoms with Gasteiger partial charge in [0.2, 0.25) is 0 Å². The van der Waals surface area contributed by atoms with E-state index in [1.165, 1.54) is 31.5 Å². The second-order valence-corrected chi connectivity index (χ2v) is 3.86. The largest absolute Gasteiger partial charge is 0.294 e. The van der Waals surface area contributed by atoms with E-state index in [9.17, 15) is 0 Å². The maximum atomic E-state index is 5.80. The summed E-state index contributed by atoms with van der Waals surface area (Å²) in [6, 6.07) is 7.98. The lowest BCUT2D eigenvalue weighted by atomic mass is 10.2. The molecule has 13 heavy (non-hydrogen) atoms. The summed E-state index contributed by atoms with van der Waals surface area (Å²) in [6.07, 6.45) is 2.65. The van der Waals surface area contributed by atoms with Crippen molar-refractivity contribution in [1.29, 1.82) is 0 Å². The van der Waals surface area contributed by atoms with Gasteiger partial charge in [-0.15, -0.1) is 0 Å². The smallest absolute Gasteiger partial charge is 0.0545 e. The molecular weight excluding hydrogens is 182 g/mol. The molecular formula is C11H13ClN. The number of nitrogens with zero attached hydrogens (tertiary/aromatic N) is 1. The van der Waals surface area contributed by atoms with E-state index in [1.807, 2.05) is 12.1 Å². The highest BCUT2D eigenvalue weighted by Crippen LogP contribution is 2.16. The summed E-state index contributed by atoms with van der Waals surface area (Å²) in [5.74, 6) is 0. The van der Waals surface area contributed by atoms with Gasteiger partial charge in [-0.05, 0) is 43.6 Å². The van der Waals surface area contributed by atoms with Gasteiger partial charge in [0, 0.05) is 5.02 Å². The molecule has 0 amide bonds. The second kappa shape index (κ2) is 4.12. The predicted octanol–water partition coefficient (Wildman–Crippen LogP) is 2.95. The first kappa shape index (κ1) is 9.04. The maximum Gasteiger partial charge on any atom is 0.0545 e. The zero-order valence-corrected chi connectivity index (χ0v) is 8.30. The molecule has 0 aliphatic carbocycles. The average molecular weight is 195 g/mol. The van der Waals surface area contributed by atoms with Gasteiger partial charge in [0.15, 0.2) is 0 Å². The summed E-state index contributed by atoms with van der Waals surface area (Å²) >= 11 is 5.80. The molecule has 0 N–H and O–H groups in total. The predicted molar refractivity (Wildman–Crippen MR) is 55.7 cm³/mol. The van der Waals surface area contributed by atoms with E-state index in [0.717, 1.165) is 5.02 Å². The van der Waals surface area contributed by atoms with Gasteiger partial charge in [0.1, 0.15) is 0 Å². The molecule has 69 valence electrons. The topological polar surface area (TPSA) is 3.24 Å². The van der Waals surface area contributed by atoms with Crippen molar-refractivity contribution >= 4 is 11.6 Å². The van der Waals surface area contributed by atoms with Crippen molar-refractivity contribution in [2.45, 2.75) is 12.8 Å². The molecule has 0 unspecified atom stereocenters. The lowest BCUT2D eigenvalue weighted by molar-refractivity contribution is 0.428. The molecule has 1 aliphatic heterocycles. The summed E-state index contributed by atoms with van der Waals surface area (Å²) in [5.41, 5.74) is 1.24. The molecule has 1 aliphatic rings. The van der Waals surface area contributed by atoms with Crippen molar-refractivity contribution < 1.29 is 0 Å². The van der Waals surface area contributed by atoms with Crippen LogP contribution in [0.1, 0.15) is 18.4 Å². The summed E-state index contributed by atoms with van der Waals surface area (Å²) < 4.78 is 0. The first-order valence-electron chi connectivity index (χ1n) is 4.69. The zero-order valence-electron chi connectivity index (χ0n) is 7.54. The second-order valence-electron chi connectivity index (χ2n) is 3.42. The van der Waals surface area contributed by atoms with E-state index in [2.05, 4.69) is 23.6 Å². The molecule has 0 bridgehead atoms. The Morgan fingerprint density at radius 2 is 1.69 bits per heavy atom. The van der Waals surface area contributed by atoms with Crippen LogP contribution in [0.3, 0.4) is 0 Å². The number of halogens is 1. The molecule has 0 saturated carbocycles. The monoisotopic (exact) mass is 194 g/mol. The SMILES string of the molecule is Clc1ccc([CH]N2CCCC2)cc1. The fourth-order valence-electron chi connectivity index (χ4n) is 1.63. The highest BCUT2D eigenvalue weighted by atomic mass is 35.5. The van der Waals surface area contributed by atoms with Crippen molar-refractivity contribution in [3.8, 4) is 0 Å². The van der Waals surface area contributed by atoms with Crippen LogP contribution in [0.5, 0.6) is 0 Å². The van der Waals surface area contributed by atoms with E-state index >= 15 is 0 Å². The van der Waals surface area contributed by atoms with Crippen LogP contribution in [-0.4, -0.2) is 18.0 Å². The molecule has 1 saturated heterocycles. The number of hydrogen-bond acceptors (Lipinski definition) is 1. The van der Waals surface area contributed by atoms with Crippen LogP contribution < -0.4 is 0 Å². The fourth-order valence-corrected chi connectivity index (χ4v) is 1.76. The Bertz CT molecular complexity index is 262. The Morgan fingerprint density at radius 3 is 2.31 bits per heavy atom. The van der Waals surface area contributed by atoms with Crippen molar-refractivity contribution in [3.63, 3.8) is 0 Å². The highest BCUT2D eigenvalue weighted by molar-refractivity contribution is 6.30. The lowest BCUT2D eigenvalue weighted by Gasteiger charge is -2.13. The van der Waals surface area contributed by atoms with Gasteiger partial charge in [0.25, 0.3) is 0 Å². The molecule has 1 heterocycles. The third kappa shape index (κ3) is 2.45. The van der Waals surface area contributed by atoms with Crippen molar-refractivity contribution in [3.05, 3.63) is 41.4 Å². The standard InChI is InChI=1S/C11H13ClN/c12-11-5-3-10(4-6-11)9-13-7-1-2-8-13/h3-6,9H,1-2,7-8H2. The number of rotatable bonds is 2. The van der Waals surface area contributed by atoms with Gasteiger partial charge < -0.3 is 0 Å². The average Bonchev–Trinajstić information content (AvgIpc) is 2.62. The van der Waals surface area contributed by atoms with Crippen molar-refractivity contribution in [2.75, 3.05) is 13.1 Å². The third-order valence-corrected chi connectivity index (χ3v) is 2.59. The Balaban J connectivity index is 1.97. The van der Waals surface area contributed by atoms with Crippen molar-refractivity contribution in [1.82, 2.24) is 4.90 Å². The van der Waals surface area contributed by atoms with Crippen LogP contribution in [-0.2, 0) is 0 Å². The molecule has 1 aromatic carbocycles. The van der Waals surface area contributed by atoms with Gasteiger partial charge in [-0.25, -0.2) is 0 Å². The van der Waals surface area contributed by atoms with Crippen LogP contribution in [0.4, 0.5) is 0 Å². The third-order valence-electron chi connectivity index (χ3n) is 2.34. The van der Waals surface area contributed by atoms with Crippen LogP contribution in [0.2, 0.25) is 5.02 Å². The number of hydrogen-bond donors (Lipinski definition) is 0. The minimum atomic E-state index is 0.804. The normalized spacial score (nSPS) is 17.9. The minimum Gasteiger partial charge on any atom is -0.294 e. The Kier molecular flexibility index (Phi) is 2.87. The van der Waals surface area contributed by atoms with E-state index in [4.69, 9.17) is 11.6 Å². The molecule has 1 aromatic rings. The number of benzene rings is 1. The molecule has 0 aromatic heterocycles. The minimum absolute atomic E-state index is 0.804. The highest BCUT2D eigenvalue weighted by Gasteiger charge is 2.11. The Morgan fingerprint density at radius 1 is 1.08 bits per heavy atom. The maximum absolute atomic E-state index is 5.80. The van der Waals surface area contributed by atoms with E-state index in [-0.39, 0.29) is 0 Å². The fraction of sp³-hybridized carbons (Fsp3) is 0.364. The Labute approximate surface area is 84.3 Å². The van der Waals surface area contributed by atoms with Crippen LogP contribution in [0.25, 0.3) is 0 Å². The molecule has 2 rings (SSSR count). The van der Waals surface area contributed by atoms with E-state index < -0.39 is 0 Å². The lowest BCUT2D eigenvalue weighted by Crippen LogP contribution is -2.15. The molecule has 0 atom stereocenters. The van der Waals surface area contributed by atoms with Gasteiger partial charge in [0.05, 0.1) is 6.54 Å².